The molecule has 132 valence electrons. The lowest BCUT2D eigenvalue weighted by atomic mass is 9.95. The third-order valence-corrected chi connectivity index (χ3v) is 5.56. The van der Waals surface area contributed by atoms with E-state index in [2.05, 4.69) is 4.72 Å². The molecule has 2 atom stereocenters. The van der Waals surface area contributed by atoms with Crippen LogP contribution in [0.15, 0.2) is 24.3 Å². The minimum Gasteiger partial charge on any atom is -0.465 e. The van der Waals surface area contributed by atoms with Gasteiger partial charge in [0.1, 0.15) is 12.1 Å². The van der Waals surface area contributed by atoms with Gasteiger partial charge in [0, 0.05) is 11.3 Å². The predicted molar refractivity (Wildman–Crippen MR) is 93.8 cm³/mol. The van der Waals surface area contributed by atoms with Crippen LogP contribution in [0.25, 0.3) is 0 Å². The number of benzene rings is 1. The van der Waals surface area contributed by atoms with E-state index in [9.17, 15) is 13.8 Å². The minimum absolute atomic E-state index is 0.164. The van der Waals surface area contributed by atoms with Crippen LogP contribution in [0.5, 0.6) is 0 Å². The normalized spacial score (nSPS) is 21.5. The highest BCUT2D eigenvalue weighted by Gasteiger charge is 2.49. The molecule has 7 heteroatoms. The van der Waals surface area contributed by atoms with Crippen LogP contribution in [0.1, 0.15) is 40.2 Å². The Hall–Kier alpha value is -1.73. The summed E-state index contributed by atoms with van der Waals surface area (Å²) in [6.45, 7) is 9.01. The lowest BCUT2D eigenvalue weighted by Crippen LogP contribution is -2.52. The molecule has 6 nitrogen and oxygen atoms in total. The first kappa shape index (κ1) is 18.6. The quantitative estimate of drug-likeness (QED) is 0.821. The highest BCUT2D eigenvalue weighted by Crippen LogP contribution is 2.40. The first-order valence-corrected chi connectivity index (χ1v) is 9.03. The Morgan fingerprint density at radius 1 is 1.33 bits per heavy atom. The van der Waals surface area contributed by atoms with Crippen molar-refractivity contribution in [2.75, 3.05) is 18.1 Å². The Kier molecular flexibility index (Phi) is 5.15. The molecule has 2 rings (SSSR count). The average Bonchev–Trinajstić information content (AvgIpc) is 2.69. The van der Waals surface area contributed by atoms with E-state index in [-0.39, 0.29) is 19.1 Å². The maximum Gasteiger partial charge on any atom is 0.326 e. The summed E-state index contributed by atoms with van der Waals surface area (Å²) in [5.74, 6) is -0.781. The molecule has 0 aliphatic carbocycles. The van der Waals surface area contributed by atoms with Crippen molar-refractivity contribution in [2.45, 2.75) is 44.9 Å². The molecule has 1 amide bonds. The number of ether oxygens (including phenoxy) is 1. The number of amides is 1. The smallest absolute Gasteiger partial charge is 0.326 e. The van der Waals surface area contributed by atoms with Crippen molar-refractivity contribution in [3.63, 3.8) is 0 Å². The SMILES string of the molecule is CCOC(=O)CN1C(=O)[C@](C)(N[S@](=O)C(C)(C)C)c2ccccc21. The third kappa shape index (κ3) is 3.37. The van der Waals surface area contributed by atoms with Crippen LogP contribution in [0.3, 0.4) is 0 Å². The van der Waals surface area contributed by atoms with Crippen molar-refractivity contribution in [3.05, 3.63) is 29.8 Å². The van der Waals surface area contributed by atoms with E-state index in [4.69, 9.17) is 4.74 Å². The van der Waals surface area contributed by atoms with E-state index in [1.807, 2.05) is 32.9 Å². The molecule has 1 aliphatic rings. The van der Waals surface area contributed by atoms with Crippen molar-refractivity contribution >= 4 is 28.5 Å². The van der Waals surface area contributed by atoms with Crippen molar-refractivity contribution in [3.8, 4) is 0 Å². The number of carbonyl (C=O) groups is 2. The summed E-state index contributed by atoms with van der Waals surface area (Å²) in [7, 11) is -1.44. The second-order valence-electron chi connectivity index (χ2n) is 6.82. The molecule has 0 saturated carbocycles. The van der Waals surface area contributed by atoms with Gasteiger partial charge in [0.15, 0.2) is 0 Å². The van der Waals surface area contributed by atoms with Crippen molar-refractivity contribution in [1.82, 2.24) is 4.72 Å². The zero-order valence-corrected chi connectivity index (χ0v) is 15.5. The Labute approximate surface area is 145 Å². The molecule has 1 aromatic carbocycles. The molecule has 1 aliphatic heterocycles. The minimum atomic E-state index is -1.44. The van der Waals surface area contributed by atoms with Gasteiger partial charge in [-0.15, -0.1) is 0 Å². The van der Waals surface area contributed by atoms with Crippen LogP contribution in [0.2, 0.25) is 0 Å². The van der Waals surface area contributed by atoms with Crippen LogP contribution in [-0.2, 0) is 30.9 Å². The molecule has 1 N–H and O–H groups in total. The summed E-state index contributed by atoms with van der Waals surface area (Å²) in [5.41, 5.74) is 0.190. The standard InChI is InChI=1S/C17H24N2O4S/c1-6-23-14(20)11-19-13-10-8-7-9-12(13)17(5,15(19)21)18-24(22)16(2,3)4/h7-10,18H,6,11H2,1-5H3/t17-,24-/m1/s1. The van der Waals surface area contributed by atoms with Crippen LogP contribution in [0, 0.1) is 0 Å². The third-order valence-electron chi connectivity index (χ3n) is 3.85. The fourth-order valence-corrected chi connectivity index (χ4v) is 3.43. The molecule has 0 bridgehead atoms. The predicted octanol–water partition coefficient (Wildman–Crippen LogP) is 1.86. The van der Waals surface area contributed by atoms with Gasteiger partial charge in [-0.25, -0.2) is 8.93 Å². The van der Waals surface area contributed by atoms with E-state index in [0.29, 0.717) is 11.3 Å². The highest BCUT2D eigenvalue weighted by atomic mass is 32.2. The zero-order valence-electron chi connectivity index (χ0n) is 14.7. The molecule has 0 spiro atoms. The summed E-state index contributed by atoms with van der Waals surface area (Å²) in [6.07, 6.45) is 0. The van der Waals surface area contributed by atoms with Crippen LogP contribution in [0.4, 0.5) is 5.69 Å². The average molecular weight is 352 g/mol. The lowest BCUT2D eigenvalue weighted by molar-refractivity contribution is -0.142. The van der Waals surface area contributed by atoms with Crippen molar-refractivity contribution in [2.24, 2.45) is 0 Å². The number of hydrogen-bond acceptors (Lipinski definition) is 4. The molecule has 1 aromatic rings. The number of anilines is 1. The van der Waals surface area contributed by atoms with Crippen LogP contribution < -0.4 is 9.62 Å². The second-order valence-corrected chi connectivity index (χ2v) is 8.79. The molecular formula is C17H24N2O4S. The van der Waals surface area contributed by atoms with Gasteiger partial charge in [-0.3, -0.25) is 14.5 Å². The molecule has 0 unspecified atom stereocenters. The number of esters is 1. The number of hydrogen-bond donors (Lipinski definition) is 1. The molecule has 24 heavy (non-hydrogen) atoms. The van der Waals surface area contributed by atoms with Gasteiger partial charge in [-0.1, -0.05) is 18.2 Å². The topological polar surface area (TPSA) is 75.7 Å². The number of nitrogens with zero attached hydrogens (tertiary/aromatic N) is 1. The summed E-state index contributed by atoms with van der Waals surface area (Å²) in [6, 6.07) is 7.21. The van der Waals surface area contributed by atoms with E-state index >= 15 is 0 Å². The van der Waals surface area contributed by atoms with Crippen molar-refractivity contribution < 1.29 is 18.5 Å². The molecule has 0 fully saturated rings. The maximum atomic E-state index is 13.0. The Morgan fingerprint density at radius 2 is 1.96 bits per heavy atom. The van der Waals surface area contributed by atoms with Gasteiger partial charge in [-0.2, -0.15) is 0 Å². The molecular weight excluding hydrogens is 328 g/mol. The first-order valence-electron chi connectivity index (χ1n) is 7.88. The number of rotatable bonds is 5. The molecule has 0 radical (unpaired) electrons. The van der Waals surface area contributed by atoms with Gasteiger partial charge >= 0.3 is 5.97 Å². The fourth-order valence-electron chi connectivity index (χ4n) is 2.56. The van der Waals surface area contributed by atoms with E-state index in [1.165, 1.54) is 4.90 Å². The molecule has 1 heterocycles. The van der Waals surface area contributed by atoms with E-state index in [0.717, 1.165) is 0 Å². The van der Waals surface area contributed by atoms with Gasteiger partial charge in [-0.05, 0) is 40.7 Å². The molecule has 0 saturated heterocycles. The van der Waals surface area contributed by atoms with Crippen LogP contribution in [-0.4, -0.2) is 34.0 Å². The first-order chi connectivity index (χ1) is 11.1. The molecule has 0 aromatic heterocycles. The van der Waals surface area contributed by atoms with E-state index in [1.54, 1.807) is 26.0 Å². The van der Waals surface area contributed by atoms with Gasteiger partial charge < -0.3 is 4.74 Å². The lowest BCUT2D eigenvalue weighted by Gasteiger charge is -2.29. The summed E-state index contributed by atoms with van der Waals surface area (Å²) in [5, 5.41) is 0. The Morgan fingerprint density at radius 3 is 2.54 bits per heavy atom. The number of para-hydroxylation sites is 1. The number of carbonyl (C=O) groups excluding carboxylic acids is 2. The largest absolute Gasteiger partial charge is 0.465 e. The Balaban J connectivity index is 2.39. The van der Waals surface area contributed by atoms with E-state index < -0.39 is 27.2 Å². The maximum absolute atomic E-state index is 13.0. The van der Waals surface area contributed by atoms with Crippen LogP contribution >= 0.6 is 0 Å². The Bertz CT molecular complexity index is 683. The summed E-state index contributed by atoms with van der Waals surface area (Å²) >= 11 is 0. The monoisotopic (exact) mass is 352 g/mol. The second kappa shape index (κ2) is 6.64. The number of fused-ring (bicyclic) bond motifs is 1. The number of nitrogens with one attached hydrogen (secondary N) is 1. The van der Waals surface area contributed by atoms with Gasteiger partial charge in [0.25, 0.3) is 5.91 Å². The van der Waals surface area contributed by atoms with Gasteiger partial charge in [0.2, 0.25) is 0 Å². The highest BCUT2D eigenvalue weighted by molar-refractivity contribution is 7.84. The fraction of sp³-hybridized carbons (Fsp3) is 0.529. The van der Waals surface area contributed by atoms with Gasteiger partial charge in [0.05, 0.1) is 22.3 Å². The summed E-state index contributed by atoms with van der Waals surface area (Å²) in [4.78, 5) is 26.2. The van der Waals surface area contributed by atoms with Crippen molar-refractivity contribution in [1.29, 1.82) is 0 Å². The zero-order chi connectivity index (χ0) is 18.1. The summed E-state index contributed by atoms with van der Waals surface area (Å²) < 4.78 is 20.0.